The number of nitro groups is 2. The summed E-state index contributed by atoms with van der Waals surface area (Å²) < 4.78 is 5.55. The van der Waals surface area contributed by atoms with E-state index in [1.807, 2.05) is 0 Å². The molecule has 0 bridgehead atoms. The van der Waals surface area contributed by atoms with Crippen molar-refractivity contribution < 1.29 is 19.1 Å². The molecular formula is C18H11ClN4O6. The van der Waals surface area contributed by atoms with Crippen molar-refractivity contribution in [2.45, 2.75) is 0 Å². The van der Waals surface area contributed by atoms with Gasteiger partial charge < -0.3 is 4.42 Å². The summed E-state index contributed by atoms with van der Waals surface area (Å²) >= 11 is 6.06. The first-order valence-electron chi connectivity index (χ1n) is 7.97. The Morgan fingerprint density at radius 3 is 2.28 bits per heavy atom. The predicted octanol–water partition coefficient (Wildman–Crippen LogP) is 4.18. The number of carbonyl (C=O) groups is 1. The number of hydrazone groups is 1. The van der Waals surface area contributed by atoms with Crippen LogP contribution in [-0.4, -0.2) is 22.0 Å². The SMILES string of the molecule is O=C(N/N=C/c1ccc(-c2ccc([N+](=O)[O-])cc2Cl)o1)c1ccc([N+](=O)[O-])cc1. The quantitative estimate of drug-likeness (QED) is 0.364. The van der Waals surface area contributed by atoms with E-state index in [1.165, 1.54) is 48.7 Å². The molecule has 0 aliphatic carbocycles. The van der Waals surface area contributed by atoms with E-state index in [4.69, 9.17) is 16.0 Å². The summed E-state index contributed by atoms with van der Waals surface area (Å²) in [6.45, 7) is 0. The Kier molecular flexibility index (Phi) is 5.65. The monoisotopic (exact) mass is 414 g/mol. The second-order valence-corrected chi connectivity index (χ2v) is 6.03. The van der Waals surface area contributed by atoms with Crippen LogP contribution in [0, 0.1) is 20.2 Å². The number of hydrogen-bond acceptors (Lipinski definition) is 7. The van der Waals surface area contributed by atoms with Crippen LogP contribution in [0.1, 0.15) is 16.1 Å². The number of carbonyl (C=O) groups excluding carboxylic acids is 1. The van der Waals surface area contributed by atoms with E-state index in [1.54, 1.807) is 12.1 Å². The predicted molar refractivity (Wildman–Crippen MR) is 104 cm³/mol. The van der Waals surface area contributed by atoms with Gasteiger partial charge in [0.05, 0.1) is 21.1 Å². The van der Waals surface area contributed by atoms with Crippen LogP contribution in [-0.2, 0) is 0 Å². The molecule has 3 rings (SSSR count). The van der Waals surface area contributed by atoms with Gasteiger partial charge in [-0.2, -0.15) is 5.10 Å². The van der Waals surface area contributed by atoms with Gasteiger partial charge in [0, 0.05) is 35.4 Å². The van der Waals surface area contributed by atoms with Crippen molar-refractivity contribution in [1.82, 2.24) is 5.43 Å². The minimum atomic E-state index is -0.564. The van der Waals surface area contributed by atoms with Crippen LogP contribution in [0.25, 0.3) is 11.3 Å². The molecule has 2 aromatic carbocycles. The second-order valence-electron chi connectivity index (χ2n) is 5.63. The maximum Gasteiger partial charge on any atom is 0.271 e. The van der Waals surface area contributed by atoms with Crippen LogP contribution in [0.4, 0.5) is 11.4 Å². The van der Waals surface area contributed by atoms with Gasteiger partial charge in [0.15, 0.2) is 0 Å². The lowest BCUT2D eigenvalue weighted by Gasteiger charge is -2.00. The number of benzene rings is 2. The van der Waals surface area contributed by atoms with Gasteiger partial charge >= 0.3 is 0 Å². The van der Waals surface area contributed by atoms with Gasteiger partial charge in [0.1, 0.15) is 11.5 Å². The molecule has 146 valence electrons. The van der Waals surface area contributed by atoms with Gasteiger partial charge in [-0.05, 0) is 30.3 Å². The molecule has 0 fully saturated rings. The molecule has 10 nitrogen and oxygen atoms in total. The van der Waals surface area contributed by atoms with Crippen molar-refractivity contribution in [3.63, 3.8) is 0 Å². The minimum Gasteiger partial charge on any atom is -0.455 e. The fourth-order valence-corrected chi connectivity index (χ4v) is 2.61. The van der Waals surface area contributed by atoms with Crippen LogP contribution in [0.5, 0.6) is 0 Å². The summed E-state index contributed by atoms with van der Waals surface area (Å²) in [5.41, 5.74) is 2.68. The fraction of sp³-hybridized carbons (Fsp3) is 0. The van der Waals surface area contributed by atoms with E-state index < -0.39 is 15.8 Å². The van der Waals surface area contributed by atoms with Crippen LogP contribution in [0.2, 0.25) is 5.02 Å². The molecule has 0 aliphatic rings. The number of nitro benzene ring substituents is 2. The van der Waals surface area contributed by atoms with Crippen LogP contribution in [0.15, 0.2) is 64.1 Å². The molecule has 0 unspecified atom stereocenters. The summed E-state index contributed by atoms with van der Waals surface area (Å²) in [6.07, 6.45) is 1.26. The molecule has 0 aliphatic heterocycles. The third-order valence-corrected chi connectivity index (χ3v) is 4.07. The van der Waals surface area contributed by atoms with Gasteiger partial charge in [-0.15, -0.1) is 0 Å². The molecule has 3 aromatic rings. The lowest BCUT2D eigenvalue weighted by molar-refractivity contribution is -0.385. The van der Waals surface area contributed by atoms with Crippen molar-refractivity contribution in [2.75, 3.05) is 0 Å². The molecule has 0 saturated heterocycles. The molecule has 1 N–H and O–H groups in total. The largest absolute Gasteiger partial charge is 0.455 e. The minimum absolute atomic E-state index is 0.127. The van der Waals surface area contributed by atoms with Crippen LogP contribution >= 0.6 is 11.6 Å². The molecule has 1 heterocycles. The Balaban J connectivity index is 1.67. The standard InChI is InChI=1S/C18H11ClN4O6/c19-16-9-13(23(27)28)5-7-15(16)17-8-6-14(29-17)10-20-21-18(24)11-1-3-12(4-2-11)22(25)26/h1-10H,(H,21,24)/b20-10+. The van der Waals surface area contributed by atoms with Crippen molar-refractivity contribution in [3.05, 3.63) is 91.2 Å². The van der Waals surface area contributed by atoms with Crippen LogP contribution in [0.3, 0.4) is 0 Å². The highest BCUT2D eigenvalue weighted by Crippen LogP contribution is 2.32. The van der Waals surface area contributed by atoms with Crippen molar-refractivity contribution >= 4 is 35.1 Å². The second kappa shape index (κ2) is 8.31. The van der Waals surface area contributed by atoms with Gasteiger partial charge in [-0.3, -0.25) is 25.0 Å². The number of halogens is 1. The fourth-order valence-electron chi connectivity index (χ4n) is 2.34. The lowest BCUT2D eigenvalue weighted by Crippen LogP contribution is -2.17. The Hall–Kier alpha value is -4.05. The normalized spacial score (nSPS) is 10.8. The molecule has 1 aromatic heterocycles. The highest BCUT2D eigenvalue weighted by molar-refractivity contribution is 6.33. The van der Waals surface area contributed by atoms with E-state index in [9.17, 15) is 25.0 Å². The van der Waals surface area contributed by atoms with Crippen LogP contribution < -0.4 is 5.43 Å². The first kappa shape index (κ1) is 19.7. The van der Waals surface area contributed by atoms with E-state index in [2.05, 4.69) is 10.5 Å². The number of nitrogens with one attached hydrogen (secondary N) is 1. The summed E-state index contributed by atoms with van der Waals surface area (Å²) in [4.78, 5) is 32.2. The van der Waals surface area contributed by atoms with Crippen molar-refractivity contribution in [1.29, 1.82) is 0 Å². The molecule has 0 radical (unpaired) electrons. The molecule has 0 spiro atoms. The summed E-state index contributed by atoms with van der Waals surface area (Å²) in [6, 6.07) is 12.2. The lowest BCUT2D eigenvalue weighted by atomic mass is 10.1. The summed E-state index contributed by atoms with van der Waals surface area (Å²) in [7, 11) is 0. The molecule has 11 heteroatoms. The Bertz CT molecular complexity index is 1120. The van der Waals surface area contributed by atoms with E-state index >= 15 is 0 Å². The smallest absolute Gasteiger partial charge is 0.271 e. The number of amides is 1. The third-order valence-electron chi connectivity index (χ3n) is 3.75. The van der Waals surface area contributed by atoms with Gasteiger partial charge in [0.25, 0.3) is 17.3 Å². The van der Waals surface area contributed by atoms with Crippen molar-refractivity contribution in [3.8, 4) is 11.3 Å². The highest BCUT2D eigenvalue weighted by atomic mass is 35.5. The maximum absolute atomic E-state index is 12.0. The highest BCUT2D eigenvalue weighted by Gasteiger charge is 2.13. The average molecular weight is 415 g/mol. The Morgan fingerprint density at radius 2 is 1.66 bits per heavy atom. The molecule has 0 saturated carbocycles. The zero-order valence-corrected chi connectivity index (χ0v) is 15.2. The van der Waals surface area contributed by atoms with Gasteiger partial charge in [0.2, 0.25) is 0 Å². The van der Waals surface area contributed by atoms with E-state index in [0.717, 1.165) is 0 Å². The third kappa shape index (κ3) is 4.62. The van der Waals surface area contributed by atoms with Crippen molar-refractivity contribution in [2.24, 2.45) is 5.10 Å². The van der Waals surface area contributed by atoms with E-state index in [-0.39, 0.29) is 22.0 Å². The molecule has 0 atom stereocenters. The maximum atomic E-state index is 12.0. The average Bonchev–Trinajstić information content (AvgIpc) is 3.16. The number of rotatable bonds is 6. The molecular weight excluding hydrogens is 404 g/mol. The molecule has 29 heavy (non-hydrogen) atoms. The first-order chi connectivity index (χ1) is 13.8. The zero-order chi connectivity index (χ0) is 21.0. The molecule has 1 amide bonds. The number of nitrogens with zero attached hydrogens (tertiary/aromatic N) is 3. The Labute approximate surface area is 167 Å². The summed E-state index contributed by atoms with van der Waals surface area (Å²) in [5.74, 6) is 0.118. The number of furan rings is 1. The van der Waals surface area contributed by atoms with Gasteiger partial charge in [-0.1, -0.05) is 11.6 Å². The summed E-state index contributed by atoms with van der Waals surface area (Å²) in [5, 5.41) is 25.3. The topological polar surface area (TPSA) is 141 Å². The zero-order valence-electron chi connectivity index (χ0n) is 14.4. The Morgan fingerprint density at radius 1 is 1.00 bits per heavy atom. The number of hydrogen-bond donors (Lipinski definition) is 1. The van der Waals surface area contributed by atoms with E-state index in [0.29, 0.717) is 17.1 Å². The number of non-ortho nitro benzene ring substituents is 2. The first-order valence-corrected chi connectivity index (χ1v) is 8.35. The van der Waals surface area contributed by atoms with Gasteiger partial charge in [-0.25, -0.2) is 5.43 Å².